The monoisotopic (exact) mass is 446 g/mol. The van der Waals surface area contributed by atoms with Crippen LogP contribution >= 0.6 is 0 Å². The highest BCUT2D eigenvalue weighted by molar-refractivity contribution is 5.70. The summed E-state index contributed by atoms with van der Waals surface area (Å²) in [6, 6.07) is 10.4. The Morgan fingerprint density at radius 1 is 0.938 bits per heavy atom. The van der Waals surface area contributed by atoms with E-state index in [1.807, 2.05) is 13.0 Å². The van der Waals surface area contributed by atoms with Gasteiger partial charge in [-0.2, -0.15) is 0 Å². The second kappa shape index (κ2) is 13.9. The zero-order valence-electron chi connectivity index (χ0n) is 19.6. The zero-order chi connectivity index (χ0) is 23.3. The van der Waals surface area contributed by atoms with E-state index in [0.717, 1.165) is 38.5 Å². The number of rotatable bonds is 14. The summed E-state index contributed by atoms with van der Waals surface area (Å²) in [4.78, 5) is 12.0. The first-order valence-corrected chi connectivity index (χ1v) is 11.9. The molecule has 2 rings (SSSR count). The van der Waals surface area contributed by atoms with E-state index in [1.165, 1.54) is 6.42 Å². The molecule has 2 aromatic rings. The summed E-state index contributed by atoms with van der Waals surface area (Å²) >= 11 is 0. The number of ether oxygens (including phenoxy) is 2. The number of carbonyl (C=O) groups is 1. The molecular weight excluding hydrogens is 410 g/mol. The highest BCUT2D eigenvalue weighted by Gasteiger charge is 2.23. The summed E-state index contributed by atoms with van der Waals surface area (Å²) in [5, 5.41) is 0. The molecule has 0 saturated carbocycles. The number of esters is 1. The molecule has 0 aliphatic rings. The van der Waals surface area contributed by atoms with Crippen LogP contribution in [-0.2, 0) is 16.0 Å². The van der Waals surface area contributed by atoms with Crippen LogP contribution in [0.4, 0.5) is 8.78 Å². The first kappa shape index (κ1) is 25.8. The Bertz CT molecular complexity index is 837. The third kappa shape index (κ3) is 7.92. The fraction of sp³-hybridized carbons (Fsp3) is 0.519. The molecule has 0 spiro atoms. The SMILES string of the molecule is CCCCCCCOc1cc(-c2ccccc2)c(F)c(F)c1CC(C)OC(=O)CCCC. The van der Waals surface area contributed by atoms with Gasteiger partial charge in [0.05, 0.1) is 6.61 Å². The van der Waals surface area contributed by atoms with Crippen LogP contribution in [0.1, 0.15) is 77.7 Å². The number of unbranched alkanes of at least 4 members (excludes halogenated alkanes) is 5. The number of benzene rings is 2. The summed E-state index contributed by atoms with van der Waals surface area (Å²) in [6.07, 6.45) is 6.77. The van der Waals surface area contributed by atoms with Crippen LogP contribution in [0, 0.1) is 11.6 Å². The van der Waals surface area contributed by atoms with E-state index in [2.05, 4.69) is 6.92 Å². The van der Waals surface area contributed by atoms with Crippen LogP contribution in [0.2, 0.25) is 0 Å². The van der Waals surface area contributed by atoms with Crippen molar-refractivity contribution in [3.05, 3.63) is 53.6 Å². The van der Waals surface area contributed by atoms with Gasteiger partial charge in [-0.25, -0.2) is 8.78 Å². The molecule has 0 amide bonds. The molecule has 0 radical (unpaired) electrons. The molecule has 1 unspecified atom stereocenters. The topological polar surface area (TPSA) is 35.5 Å². The normalized spacial score (nSPS) is 11.9. The molecule has 0 heterocycles. The lowest BCUT2D eigenvalue weighted by Gasteiger charge is -2.19. The molecule has 2 aromatic carbocycles. The molecule has 5 heteroatoms. The molecule has 0 N–H and O–H groups in total. The zero-order valence-corrected chi connectivity index (χ0v) is 19.6. The molecule has 0 bridgehead atoms. The average Bonchev–Trinajstić information content (AvgIpc) is 2.79. The summed E-state index contributed by atoms with van der Waals surface area (Å²) < 4.78 is 41.5. The van der Waals surface area contributed by atoms with Gasteiger partial charge in [0.1, 0.15) is 11.9 Å². The first-order valence-electron chi connectivity index (χ1n) is 11.9. The maximum absolute atomic E-state index is 15.2. The molecule has 3 nitrogen and oxygen atoms in total. The molecule has 176 valence electrons. The van der Waals surface area contributed by atoms with Gasteiger partial charge in [-0.15, -0.1) is 0 Å². The Labute approximate surface area is 191 Å². The van der Waals surface area contributed by atoms with Crippen molar-refractivity contribution in [3.8, 4) is 16.9 Å². The van der Waals surface area contributed by atoms with Crippen molar-refractivity contribution < 1.29 is 23.0 Å². The number of halogens is 2. The van der Waals surface area contributed by atoms with Gasteiger partial charge in [-0.3, -0.25) is 4.79 Å². The fourth-order valence-electron chi connectivity index (χ4n) is 3.61. The van der Waals surface area contributed by atoms with Gasteiger partial charge in [0.25, 0.3) is 0 Å². The Hall–Kier alpha value is -2.43. The van der Waals surface area contributed by atoms with Gasteiger partial charge in [-0.1, -0.05) is 76.3 Å². The third-order valence-corrected chi connectivity index (χ3v) is 5.42. The van der Waals surface area contributed by atoms with E-state index in [0.29, 0.717) is 24.3 Å². The van der Waals surface area contributed by atoms with Crippen molar-refractivity contribution in [2.24, 2.45) is 0 Å². The molecule has 1 atom stereocenters. The fourth-order valence-corrected chi connectivity index (χ4v) is 3.61. The molecule has 0 aliphatic heterocycles. The van der Waals surface area contributed by atoms with Crippen molar-refractivity contribution in [3.63, 3.8) is 0 Å². The summed E-state index contributed by atoms with van der Waals surface area (Å²) in [5.74, 6) is -1.86. The Morgan fingerprint density at radius 3 is 2.31 bits per heavy atom. The van der Waals surface area contributed by atoms with Gasteiger partial charge >= 0.3 is 5.97 Å². The van der Waals surface area contributed by atoms with Gasteiger partial charge in [-0.05, 0) is 31.4 Å². The molecule has 0 fully saturated rings. The first-order chi connectivity index (χ1) is 15.5. The molecule has 0 aromatic heterocycles. The third-order valence-electron chi connectivity index (χ3n) is 5.42. The second-order valence-corrected chi connectivity index (χ2v) is 8.27. The molecule has 0 saturated heterocycles. The maximum atomic E-state index is 15.2. The maximum Gasteiger partial charge on any atom is 0.306 e. The summed E-state index contributed by atoms with van der Waals surface area (Å²) in [7, 11) is 0. The summed E-state index contributed by atoms with van der Waals surface area (Å²) in [6.45, 7) is 6.28. The Kier molecular flexibility index (Phi) is 11.2. The Balaban J connectivity index is 2.23. The van der Waals surface area contributed by atoms with E-state index in [9.17, 15) is 9.18 Å². The number of hydrogen-bond acceptors (Lipinski definition) is 3. The van der Waals surface area contributed by atoms with Crippen molar-refractivity contribution in [2.75, 3.05) is 6.61 Å². The van der Waals surface area contributed by atoms with Gasteiger partial charge in [0.2, 0.25) is 0 Å². The second-order valence-electron chi connectivity index (χ2n) is 8.27. The average molecular weight is 447 g/mol. The summed E-state index contributed by atoms with van der Waals surface area (Å²) in [5.41, 5.74) is 0.870. The molecule has 0 aliphatic carbocycles. The van der Waals surface area contributed by atoms with E-state index in [-0.39, 0.29) is 23.5 Å². The van der Waals surface area contributed by atoms with Crippen molar-refractivity contribution in [1.29, 1.82) is 0 Å². The highest BCUT2D eigenvalue weighted by atomic mass is 19.2. The predicted octanol–water partition coefficient (Wildman–Crippen LogP) is 7.65. The minimum absolute atomic E-state index is 0.0564. The van der Waals surface area contributed by atoms with E-state index in [4.69, 9.17) is 9.47 Å². The van der Waals surface area contributed by atoms with Crippen molar-refractivity contribution in [1.82, 2.24) is 0 Å². The standard InChI is InChI=1S/C27H36F2O3/c1-4-6-8-9-13-17-31-24-19-22(21-14-11-10-12-15-21)26(28)27(29)23(24)18-20(3)32-25(30)16-7-5-2/h10-12,14-15,19-20H,4-9,13,16-18H2,1-3H3. The van der Waals surface area contributed by atoms with Crippen LogP contribution in [0.5, 0.6) is 5.75 Å². The predicted molar refractivity (Wildman–Crippen MR) is 125 cm³/mol. The highest BCUT2D eigenvalue weighted by Crippen LogP contribution is 2.34. The van der Waals surface area contributed by atoms with Crippen molar-refractivity contribution in [2.45, 2.75) is 84.7 Å². The van der Waals surface area contributed by atoms with Gasteiger partial charge in [0.15, 0.2) is 11.6 Å². The lowest BCUT2D eigenvalue weighted by molar-refractivity contribution is -0.148. The minimum Gasteiger partial charge on any atom is -0.493 e. The van der Waals surface area contributed by atoms with Crippen LogP contribution < -0.4 is 4.74 Å². The van der Waals surface area contributed by atoms with Crippen LogP contribution in [0.25, 0.3) is 11.1 Å². The van der Waals surface area contributed by atoms with Crippen molar-refractivity contribution >= 4 is 5.97 Å². The lowest BCUT2D eigenvalue weighted by atomic mass is 9.99. The quantitative estimate of drug-likeness (QED) is 0.221. The van der Waals surface area contributed by atoms with Crippen LogP contribution in [0.3, 0.4) is 0 Å². The smallest absolute Gasteiger partial charge is 0.306 e. The van der Waals surface area contributed by atoms with E-state index < -0.39 is 17.7 Å². The van der Waals surface area contributed by atoms with Gasteiger partial charge < -0.3 is 9.47 Å². The largest absolute Gasteiger partial charge is 0.493 e. The number of hydrogen-bond donors (Lipinski definition) is 0. The van der Waals surface area contributed by atoms with Gasteiger partial charge in [0, 0.05) is 24.0 Å². The van der Waals surface area contributed by atoms with Crippen LogP contribution in [-0.4, -0.2) is 18.7 Å². The Morgan fingerprint density at radius 2 is 1.62 bits per heavy atom. The molecule has 32 heavy (non-hydrogen) atoms. The van der Waals surface area contributed by atoms with E-state index in [1.54, 1.807) is 37.3 Å². The van der Waals surface area contributed by atoms with E-state index >= 15 is 4.39 Å². The minimum atomic E-state index is -0.941. The molecular formula is C27H36F2O3. The lowest BCUT2D eigenvalue weighted by Crippen LogP contribution is -2.19. The number of carbonyl (C=O) groups excluding carboxylic acids is 1. The van der Waals surface area contributed by atoms with Crippen LogP contribution in [0.15, 0.2) is 36.4 Å².